The van der Waals surface area contributed by atoms with Crippen molar-refractivity contribution in [2.45, 2.75) is 19.0 Å². The average molecular weight is 489 g/mol. The molecule has 2 atom stereocenters. The molecule has 1 aromatic carbocycles. The number of imidazole rings is 1. The lowest BCUT2D eigenvalue weighted by Crippen LogP contribution is -2.44. The fourth-order valence-electron chi connectivity index (χ4n) is 4.47. The maximum Gasteiger partial charge on any atom is 0.333 e. The Morgan fingerprint density at radius 1 is 1.08 bits per heavy atom. The Morgan fingerprint density at radius 2 is 1.92 bits per heavy atom. The number of fused-ring (bicyclic) bond motifs is 2. The minimum Gasteiger partial charge on any atom is -0.382 e. The largest absolute Gasteiger partial charge is 0.382 e. The molecule has 1 aliphatic heterocycles. The van der Waals surface area contributed by atoms with Crippen LogP contribution in [0.4, 0.5) is 5.82 Å². The third kappa shape index (κ3) is 4.60. The fraction of sp³-hybridized carbons (Fsp3) is 0.308. The Bertz CT molecular complexity index is 1420. The van der Waals surface area contributed by atoms with E-state index in [2.05, 4.69) is 27.1 Å². The fourth-order valence-corrected chi connectivity index (χ4v) is 4.47. The van der Waals surface area contributed by atoms with Crippen LogP contribution in [0.2, 0.25) is 0 Å². The molecule has 3 aromatic heterocycles. The van der Waals surface area contributed by atoms with Gasteiger partial charge in [0.25, 0.3) is 5.91 Å². The number of pyridine rings is 2. The number of hydrogen-bond donors (Lipinski definition) is 2. The highest BCUT2D eigenvalue weighted by Gasteiger charge is 2.31. The molecular formula is C26H28N6O4. The van der Waals surface area contributed by atoms with Gasteiger partial charge in [0.05, 0.1) is 43.0 Å². The molecule has 0 fully saturated rings. The average Bonchev–Trinajstić information content (AvgIpc) is 3.17. The van der Waals surface area contributed by atoms with E-state index in [4.69, 9.17) is 14.5 Å². The van der Waals surface area contributed by atoms with Gasteiger partial charge in [0, 0.05) is 19.9 Å². The maximum absolute atomic E-state index is 13.2. The number of rotatable bonds is 8. The smallest absolute Gasteiger partial charge is 0.333 e. The van der Waals surface area contributed by atoms with E-state index in [1.807, 2.05) is 30.3 Å². The van der Waals surface area contributed by atoms with Crippen molar-refractivity contribution < 1.29 is 14.3 Å². The summed E-state index contributed by atoms with van der Waals surface area (Å²) in [7, 11) is 1.62. The minimum atomic E-state index is -0.346. The molecule has 0 aliphatic carbocycles. The van der Waals surface area contributed by atoms with Gasteiger partial charge in [0.2, 0.25) is 0 Å². The Balaban J connectivity index is 1.58. The first-order valence-corrected chi connectivity index (χ1v) is 11.8. The number of carbonyl (C=O) groups excluding carboxylic acids is 1. The van der Waals surface area contributed by atoms with Crippen LogP contribution in [-0.2, 0) is 9.47 Å². The quantitative estimate of drug-likeness (QED) is 0.366. The highest BCUT2D eigenvalue weighted by molar-refractivity contribution is 6.00. The van der Waals surface area contributed by atoms with Gasteiger partial charge in [-0.05, 0) is 36.8 Å². The predicted octanol–water partition coefficient (Wildman–Crippen LogP) is 2.45. The van der Waals surface area contributed by atoms with Crippen LogP contribution in [-0.4, -0.2) is 64.9 Å². The molecule has 2 N–H and O–H groups in total. The van der Waals surface area contributed by atoms with E-state index in [0.29, 0.717) is 54.7 Å². The van der Waals surface area contributed by atoms with Crippen LogP contribution >= 0.6 is 0 Å². The van der Waals surface area contributed by atoms with Gasteiger partial charge >= 0.3 is 5.69 Å². The van der Waals surface area contributed by atoms with Crippen LogP contribution in [0, 0.1) is 0 Å². The van der Waals surface area contributed by atoms with E-state index in [9.17, 15) is 9.59 Å². The molecule has 10 nitrogen and oxygen atoms in total. The second kappa shape index (κ2) is 10.3. The van der Waals surface area contributed by atoms with E-state index in [-0.39, 0.29) is 23.7 Å². The van der Waals surface area contributed by atoms with E-state index in [0.717, 1.165) is 5.56 Å². The van der Waals surface area contributed by atoms with Gasteiger partial charge in [-0.15, -0.1) is 0 Å². The van der Waals surface area contributed by atoms with Gasteiger partial charge < -0.3 is 19.7 Å². The zero-order valence-corrected chi connectivity index (χ0v) is 20.2. The monoisotopic (exact) mass is 488 g/mol. The van der Waals surface area contributed by atoms with Crippen molar-refractivity contribution >= 4 is 22.9 Å². The Morgan fingerprint density at radius 3 is 2.72 bits per heavy atom. The van der Waals surface area contributed by atoms with Gasteiger partial charge in [0.15, 0.2) is 5.65 Å². The maximum atomic E-state index is 13.2. The normalized spacial score (nSPS) is 16.4. The van der Waals surface area contributed by atoms with E-state index < -0.39 is 0 Å². The molecule has 0 saturated carbocycles. The minimum absolute atomic E-state index is 0.0942. The number of aromatic amines is 1. The number of methoxy groups -OCH3 is 1. The summed E-state index contributed by atoms with van der Waals surface area (Å²) in [6.45, 7) is 3.80. The van der Waals surface area contributed by atoms with E-state index in [1.54, 1.807) is 37.6 Å². The predicted molar refractivity (Wildman–Crippen MR) is 136 cm³/mol. The van der Waals surface area contributed by atoms with Gasteiger partial charge in [-0.25, -0.2) is 19.3 Å². The second-order valence-electron chi connectivity index (χ2n) is 8.65. The van der Waals surface area contributed by atoms with Crippen LogP contribution in [0.15, 0.2) is 65.6 Å². The first kappa shape index (κ1) is 23.7. The number of ether oxygens (including phenoxy) is 2. The van der Waals surface area contributed by atoms with Crippen molar-refractivity contribution in [1.29, 1.82) is 0 Å². The number of hydrogen-bond acceptors (Lipinski definition) is 7. The molecular weight excluding hydrogens is 460 g/mol. The van der Waals surface area contributed by atoms with E-state index in [1.165, 1.54) is 4.57 Å². The third-order valence-corrected chi connectivity index (χ3v) is 6.31. The van der Waals surface area contributed by atoms with Crippen LogP contribution in [0.25, 0.3) is 17.0 Å². The summed E-state index contributed by atoms with van der Waals surface area (Å²) in [6, 6.07) is 16.7. The number of anilines is 1. The van der Waals surface area contributed by atoms with Gasteiger partial charge in [-0.1, -0.05) is 30.3 Å². The lowest BCUT2D eigenvalue weighted by molar-refractivity contribution is 0.0571. The number of aromatic nitrogens is 4. The molecule has 186 valence electrons. The standard InChI is InChI=1S/C26H28N6O4/c1-17(18-7-4-3-5-8-18)31-15-19(16-36-14-13-35-2)28-25(33)20-10-11-22(29-24(20)31)32-21-9-6-12-27-23(21)30-26(32)34/h3-12,17,19H,13-16H2,1-2H3,(H,28,33)(H,27,30,34)/t17-,19-/m0/s1. The molecule has 1 aliphatic rings. The number of carbonyl (C=O) groups is 1. The highest BCUT2D eigenvalue weighted by atomic mass is 16.5. The molecule has 0 unspecified atom stereocenters. The summed E-state index contributed by atoms with van der Waals surface area (Å²) >= 11 is 0. The Kier molecular flexibility index (Phi) is 6.79. The summed E-state index contributed by atoms with van der Waals surface area (Å²) in [5, 5.41) is 3.07. The number of nitrogens with zero attached hydrogens (tertiary/aromatic N) is 4. The molecule has 0 bridgehead atoms. The van der Waals surface area contributed by atoms with Crippen molar-refractivity contribution in [3.63, 3.8) is 0 Å². The van der Waals surface area contributed by atoms with Crippen LogP contribution in [0.3, 0.4) is 0 Å². The van der Waals surface area contributed by atoms with Crippen molar-refractivity contribution in [3.8, 4) is 5.82 Å². The molecule has 5 rings (SSSR count). The van der Waals surface area contributed by atoms with Crippen LogP contribution < -0.4 is 15.9 Å². The highest BCUT2D eigenvalue weighted by Crippen LogP contribution is 2.31. The molecule has 4 aromatic rings. The van der Waals surface area contributed by atoms with Crippen molar-refractivity contribution in [2.24, 2.45) is 0 Å². The topological polar surface area (TPSA) is 114 Å². The number of H-pyrrole nitrogens is 1. The SMILES string of the molecule is COCCOC[C@@H]1CN([C@@H](C)c2ccccc2)c2nc(-n3c(=O)[nH]c4ncccc43)ccc2C(=O)N1. The molecule has 0 radical (unpaired) electrons. The molecule has 1 amide bonds. The number of nitrogens with one attached hydrogen (secondary N) is 2. The Hall–Kier alpha value is -4.02. The lowest BCUT2D eigenvalue weighted by atomic mass is 10.1. The second-order valence-corrected chi connectivity index (χ2v) is 8.65. The Labute approximate surface area is 207 Å². The summed E-state index contributed by atoms with van der Waals surface area (Å²) in [4.78, 5) is 40.0. The molecule has 36 heavy (non-hydrogen) atoms. The summed E-state index contributed by atoms with van der Waals surface area (Å²) < 4.78 is 12.3. The zero-order valence-electron chi connectivity index (χ0n) is 20.2. The zero-order chi connectivity index (χ0) is 25.1. The van der Waals surface area contributed by atoms with Crippen molar-refractivity contribution in [3.05, 3.63) is 82.4 Å². The molecule has 0 saturated heterocycles. The number of benzene rings is 1. The van der Waals surface area contributed by atoms with Crippen LogP contribution in [0.5, 0.6) is 0 Å². The molecule has 0 spiro atoms. The summed E-state index contributed by atoms with van der Waals surface area (Å²) in [6.07, 6.45) is 1.62. The van der Waals surface area contributed by atoms with Gasteiger partial charge in [-0.2, -0.15) is 0 Å². The third-order valence-electron chi connectivity index (χ3n) is 6.31. The van der Waals surface area contributed by atoms with Crippen molar-refractivity contribution in [1.82, 2.24) is 24.8 Å². The van der Waals surface area contributed by atoms with Crippen molar-refractivity contribution in [2.75, 3.05) is 38.4 Å². The van der Waals surface area contributed by atoms with E-state index >= 15 is 0 Å². The summed E-state index contributed by atoms with van der Waals surface area (Å²) in [5.41, 5.74) is 2.26. The van der Waals surface area contributed by atoms with Gasteiger partial charge in [0.1, 0.15) is 11.6 Å². The molecule has 4 heterocycles. The van der Waals surface area contributed by atoms with Crippen LogP contribution in [0.1, 0.15) is 28.9 Å². The molecule has 10 heteroatoms. The first-order valence-electron chi connectivity index (χ1n) is 11.8. The first-order chi connectivity index (χ1) is 17.6. The summed E-state index contributed by atoms with van der Waals surface area (Å²) in [5.74, 6) is 0.678. The lowest BCUT2D eigenvalue weighted by Gasteiger charge is -2.32. The number of amides is 1. The van der Waals surface area contributed by atoms with Gasteiger partial charge in [-0.3, -0.25) is 9.78 Å².